The van der Waals surface area contributed by atoms with Crippen LogP contribution < -0.4 is 10.1 Å². The molecule has 1 saturated heterocycles. The first-order chi connectivity index (χ1) is 10.1. The molecule has 21 heavy (non-hydrogen) atoms. The Kier molecular flexibility index (Phi) is 5.32. The molecule has 0 saturated carbocycles. The fourth-order valence-corrected chi connectivity index (χ4v) is 2.41. The molecule has 0 amide bonds. The van der Waals surface area contributed by atoms with Crippen molar-refractivity contribution in [1.29, 1.82) is 0 Å². The number of ether oxygens (including phenoxy) is 2. The highest BCUT2D eigenvalue weighted by Gasteiger charge is 2.25. The Morgan fingerprint density at radius 2 is 2.43 bits per heavy atom. The Morgan fingerprint density at radius 3 is 3.05 bits per heavy atom. The Bertz CT molecular complexity index is 489. The number of aromatic nitrogens is 2. The molecule has 1 fully saturated rings. The molecule has 0 spiro atoms. The quantitative estimate of drug-likeness (QED) is 0.820. The molecular formula is C14H21N3O4. The number of carbonyl (C=O) groups is 1. The number of aryl methyl sites for hydroxylation is 1. The molecular weight excluding hydrogens is 274 g/mol. The molecule has 0 aromatic carbocycles. The van der Waals surface area contributed by atoms with Gasteiger partial charge in [0.25, 0.3) is 0 Å². The van der Waals surface area contributed by atoms with E-state index in [2.05, 4.69) is 15.3 Å². The van der Waals surface area contributed by atoms with Crippen molar-refractivity contribution in [1.82, 2.24) is 9.97 Å². The van der Waals surface area contributed by atoms with E-state index in [1.54, 1.807) is 13.0 Å². The molecule has 0 aliphatic carbocycles. The fraction of sp³-hybridized carbons (Fsp3) is 0.643. The van der Waals surface area contributed by atoms with Crippen LogP contribution in [0, 0.1) is 12.8 Å². The average molecular weight is 295 g/mol. The fourth-order valence-electron chi connectivity index (χ4n) is 2.41. The molecule has 1 aliphatic rings. The second kappa shape index (κ2) is 7.21. The summed E-state index contributed by atoms with van der Waals surface area (Å²) < 4.78 is 10.5. The minimum Gasteiger partial charge on any atom is -0.481 e. The number of anilines is 1. The van der Waals surface area contributed by atoms with Crippen molar-refractivity contribution in [2.24, 2.45) is 5.92 Å². The summed E-state index contributed by atoms with van der Waals surface area (Å²) in [6, 6.07) is 0.957. The van der Waals surface area contributed by atoms with Gasteiger partial charge in [-0.25, -0.2) is 9.78 Å². The summed E-state index contributed by atoms with van der Waals surface area (Å²) in [5.74, 6) is 0.0230. The molecule has 7 nitrogen and oxygen atoms in total. The second-order valence-corrected chi connectivity index (χ2v) is 5.23. The van der Waals surface area contributed by atoms with Crippen molar-refractivity contribution in [2.45, 2.75) is 32.2 Å². The Balaban J connectivity index is 2.05. The zero-order valence-electron chi connectivity index (χ0n) is 12.3. The van der Waals surface area contributed by atoms with E-state index in [4.69, 9.17) is 9.47 Å². The van der Waals surface area contributed by atoms with E-state index in [0.29, 0.717) is 18.9 Å². The molecule has 1 aromatic rings. The minimum absolute atomic E-state index is 0.249. The van der Waals surface area contributed by atoms with Crippen LogP contribution >= 0.6 is 0 Å². The smallest absolute Gasteiger partial charge is 0.326 e. The number of methoxy groups -OCH3 is 1. The van der Waals surface area contributed by atoms with Crippen LogP contribution in [-0.2, 0) is 9.53 Å². The third kappa shape index (κ3) is 4.56. The number of carboxylic acids is 1. The van der Waals surface area contributed by atoms with Gasteiger partial charge in [0.2, 0.25) is 11.8 Å². The van der Waals surface area contributed by atoms with Crippen LogP contribution in [0.2, 0.25) is 0 Å². The molecule has 2 atom stereocenters. The maximum atomic E-state index is 11.4. The zero-order valence-corrected chi connectivity index (χ0v) is 12.3. The molecule has 7 heteroatoms. The van der Waals surface area contributed by atoms with Crippen LogP contribution in [0.1, 0.15) is 25.0 Å². The van der Waals surface area contributed by atoms with Gasteiger partial charge in [-0.05, 0) is 32.1 Å². The molecule has 2 N–H and O–H groups in total. The summed E-state index contributed by atoms with van der Waals surface area (Å²) >= 11 is 0. The van der Waals surface area contributed by atoms with Crippen molar-refractivity contribution in [3.63, 3.8) is 0 Å². The van der Waals surface area contributed by atoms with Crippen LogP contribution in [0.15, 0.2) is 6.07 Å². The van der Waals surface area contributed by atoms with Gasteiger partial charge in [-0.2, -0.15) is 4.98 Å². The maximum absolute atomic E-state index is 11.4. The molecule has 2 unspecified atom stereocenters. The normalized spacial score (nSPS) is 19.8. The topological polar surface area (TPSA) is 93.6 Å². The first-order valence-corrected chi connectivity index (χ1v) is 7.05. The Labute approximate surface area is 123 Å². The molecule has 116 valence electrons. The van der Waals surface area contributed by atoms with E-state index >= 15 is 0 Å². The summed E-state index contributed by atoms with van der Waals surface area (Å²) in [6.07, 6.45) is 2.46. The highest BCUT2D eigenvalue weighted by Crippen LogP contribution is 2.21. The van der Waals surface area contributed by atoms with E-state index in [-0.39, 0.29) is 11.9 Å². The number of carboxylic acid groups (broad SMARTS) is 1. The SMILES string of the molecule is COc1cc(C)nc(NC(CC2CCCOC2)C(=O)O)n1. The van der Waals surface area contributed by atoms with Gasteiger partial charge in [0.15, 0.2) is 0 Å². The van der Waals surface area contributed by atoms with Gasteiger partial charge in [-0.3, -0.25) is 0 Å². The third-order valence-electron chi connectivity index (χ3n) is 3.46. The summed E-state index contributed by atoms with van der Waals surface area (Å²) in [5.41, 5.74) is 0.717. The van der Waals surface area contributed by atoms with Crippen LogP contribution in [0.3, 0.4) is 0 Å². The minimum atomic E-state index is -0.912. The highest BCUT2D eigenvalue weighted by atomic mass is 16.5. The maximum Gasteiger partial charge on any atom is 0.326 e. The summed E-state index contributed by atoms with van der Waals surface area (Å²) in [7, 11) is 1.51. The lowest BCUT2D eigenvalue weighted by Gasteiger charge is -2.25. The predicted molar refractivity (Wildman–Crippen MR) is 76.5 cm³/mol. The Morgan fingerprint density at radius 1 is 1.62 bits per heavy atom. The van der Waals surface area contributed by atoms with E-state index in [0.717, 1.165) is 25.1 Å². The van der Waals surface area contributed by atoms with Crippen LogP contribution in [0.4, 0.5) is 5.95 Å². The predicted octanol–water partition coefficient (Wildman–Crippen LogP) is 1.48. The van der Waals surface area contributed by atoms with E-state index in [1.165, 1.54) is 7.11 Å². The highest BCUT2D eigenvalue weighted by molar-refractivity contribution is 5.76. The van der Waals surface area contributed by atoms with Gasteiger partial charge >= 0.3 is 5.97 Å². The van der Waals surface area contributed by atoms with Crippen LogP contribution in [-0.4, -0.2) is 47.4 Å². The third-order valence-corrected chi connectivity index (χ3v) is 3.46. The number of nitrogens with one attached hydrogen (secondary N) is 1. The zero-order chi connectivity index (χ0) is 15.2. The average Bonchev–Trinajstić information content (AvgIpc) is 2.47. The van der Waals surface area contributed by atoms with Crippen LogP contribution in [0.25, 0.3) is 0 Å². The van der Waals surface area contributed by atoms with Gasteiger partial charge in [-0.15, -0.1) is 0 Å². The lowest BCUT2D eigenvalue weighted by atomic mass is 9.94. The number of hydrogen-bond acceptors (Lipinski definition) is 6. The Hall–Kier alpha value is -1.89. The number of aliphatic carboxylic acids is 1. The lowest BCUT2D eigenvalue weighted by Crippen LogP contribution is -2.34. The van der Waals surface area contributed by atoms with E-state index in [1.807, 2.05) is 0 Å². The molecule has 2 heterocycles. The first-order valence-electron chi connectivity index (χ1n) is 7.05. The molecule has 2 rings (SSSR count). The van der Waals surface area contributed by atoms with E-state index in [9.17, 15) is 9.90 Å². The van der Waals surface area contributed by atoms with Crippen molar-refractivity contribution in [3.8, 4) is 5.88 Å². The molecule has 0 radical (unpaired) electrons. The number of nitrogens with zero attached hydrogens (tertiary/aromatic N) is 2. The second-order valence-electron chi connectivity index (χ2n) is 5.23. The van der Waals surface area contributed by atoms with Crippen molar-refractivity contribution in [2.75, 3.05) is 25.6 Å². The van der Waals surface area contributed by atoms with Gasteiger partial charge in [0.1, 0.15) is 6.04 Å². The van der Waals surface area contributed by atoms with Gasteiger partial charge in [0.05, 0.1) is 7.11 Å². The number of hydrogen-bond donors (Lipinski definition) is 2. The summed E-state index contributed by atoms with van der Waals surface area (Å²) in [6.45, 7) is 3.18. The molecule has 1 aliphatic heterocycles. The summed E-state index contributed by atoms with van der Waals surface area (Å²) in [4.78, 5) is 19.8. The largest absolute Gasteiger partial charge is 0.481 e. The molecule has 0 bridgehead atoms. The van der Waals surface area contributed by atoms with Crippen molar-refractivity contribution < 1.29 is 19.4 Å². The monoisotopic (exact) mass is 295 g/mol. The van der Waals surface area contributed by atoms with Crippen molar-refractivity contribution in [3.05, 3.63) is 11.8 Å². The van der Waals surface area contributed by atoms with Crippen molar-refractivity contribution >= 4 is 11.9 Å². The standard InChI is InChI=1S/C14H21N3O4/c1-9-6-12(20-2)17-14(15-9)16-11(13(18)19)7-10-4-3-5-21-8-10/h6,10-11H,3-5,7-8H2,1-2H3,(H,18,19)(H,15,16,17). The van der Waals surface area contributed by atoms with Gasteiger partial charge < -0.3 is 19.9 Å². The van der Waals surface area contributed by atoms with Crippen LogP contribution in [0.5, 0.6) is 5.88 Å². The lowest BCUT2D eigenvalue weighted by molar-refractivity contribution is -0.138. The van der Waals surface area contributed by atoms with Gasteiger partial charge in [0, 0.05) is 25.0 Å². The van der Waals surface area contributed by atoms with Gasteiger partial charge in [-0.1, -0.05) is 0 Å². The first kappa shape index (κ1) is 15.5. The number of rotatable bonds is 6. The van der Waals surface area contributed by atoms with E-state index < -0.39 is 12.0 Å². The summed E-state index contributed by atoms with van der Waals surface area (Å²) in [5, 5.41) is 12.3. The molecule has 1 aromatic heterocycles.